The first-order chi connectivity index (χ1) is 15.2. The molecule has 3 fully saturated rings. The first-order valence-corrected chi connectivity index (χ1v) is 12.3. The molecule has 32 heavy (non-hydrogen) atoms. The van der Waals surface area contributed by atoms with Gasteiger partial charge >= 0.3 is 5.97 Å². The fourth-order valence-corrected chi connectivity index (χ4v) is 8.18. The predicted molar refractivity (Wildman–Crippen MR) is 118 cm³/mol. The van der Waals surface area contributed by atoms with E-state index in [-0.39, 0.29) is 35.6 Å². The van der Waals surface area contributed by atoms with Crippen molar-refractivity contribution in [1.29, 1.82) is 0 Å². The lowest BCUT2D eigenvalue weighted by Crippen LogP contribution is -2.60. The van der Waals surface area contributed by atoms with Crippen molar-refractivity contribution in [3.05, 3.63) is 34.9 Å². The molecule has 2 bridgehead atoms. The number of carbonyl (C=O) groups excluding carboxylic acids is 2. The molecule has 0 spiro atoms. The summed E-state index contributed by atoms with van der Waals surface area (Å²) in [5.74, 6) is 0.251. The summed E-state index contributed by atoms with van der Waals surface area (Å²) >= 11 is 0. The summed E-state index contributed by atoms with van der Waals surface area (Å²) in [6.45, 7) is 8.83. The minimum atomic E-state index is -0.691. The Morgan fingerprint density at radius 2 is 1.78 bits per heavy atom. The van der Waals surface area contributed by atoms with E-state index in [0.717, 1.165) is 43.3 Å². The zero-order valence-corrected chi connectivity index (χ0v) is 19.6. The van der Waals surface area contributed by atoms with Crippen molar-refractivity contribution < 1.29 is 23.8 Å². The Hall–Kier alpha value is -1.72. The maximum absolute atomic E-state index is 13.2. The van der Waals surface area contributed by atoms with Crippen molar-refractivity contribution in [1.82, 2.24) is 0 Å². The van der Waals surface area contributed by atoms with E-state index >= 15 is 0 Å². The molecule has 0 aromatic carbocycles. The number of carbonyl (C=O) groups is 2. The first kappa shape index (κ1) is 20.9. The van der Waals surface area contributed by atoms with Crippen molar-refractivity contribution in [2.24, 2.45) is 29.1 Å². The molecule has 3 heterocycles. The van der Waals surface area contributed by atoms with E-state index in [4.69, 9.17) is 14.2 Å². The fourth-order valence-electron chi connectivity index (χ4n) is 8.18. The van der Waals surface area contributed by atoms with Crippen LogP contribution in [0, 0.1) is 29.1 Å². The summed E-state index contributed by atoms with van der Waals surface area (Å²) in [4.78, 5) is 25.7. The van der Waals surface area contributed by atoms with E-state index in [1.165, 1.54) is 5.57 Å². The van der Waals surface area contributed by atoms with E-state index in [2.05, 4.69) is 19.9 Å². The maximum Gasteiger partial charge on any atom is 0.334 e. The Kier molecular flexibility index (Phi) is 4.34. The van der Waals surface area contributed by atoms with Crippen LogP contribution in [0.5, 0.6) is 0 Å². The van der Waals surface area contributed by atoms with Gasteiger partial charge in [-0.15, -0.1) is 0 Å². The first-order valence-electron chi connectivity index (χ1n) is 12.3. The number of fused-ring (bicyclic) bond motifs is 3. The van der Waals surface area contributed by atoms with Crippen molar-refractivity contribution >= 4 is 11.8 Å². The van der Waals surface area contributed by atoms with Gasteiger partial charge in [0, 0.05) is 29.7 Å². The second-order valence-electron chi connectivity index (χ2n) is 11.3. The van der Waals surface area contributed by atoms with Crippen LogP contribution in [0.4, 0.5) is 0 Å². The van der Waals surface area contributed by atoms with Gasteiger partial charge in [0.2, 0.25) is 0 Å². The van der Waals surface area contributed by atoms with Gasteiger partial charge in [-0.2, -0.15) is 0 Å². The summed E-state index contributed by atoms with van der Waals surface area (Å²) in [6, 6.07) is 0. The normalized spacial score (nSPS) is 49.8. The molecule has 172 valence electrons. The van der Waals surface area contributed by atoms with Gasteiger partial charge in [-0.05, 0) is 71.8 Å². The smallest absolute Gasteiger partial charge is 0.334 e. The highest BCUT2D eigenvalue weighted by atomic mass is 16.7. The highest BCUT2D eigenvalue weighted by Crippen LogP contribution is 2.67. The molecule has 0 aromatic rings. The molecule has 2 saturated heterocycles. The van der Waals surface area contributed by atoms with Gasteiger partial charge in [-0.3, -0.25) is 4.79 Å². The number of esters is 1. The third-order valence-electron chi connectivity index (χ3n) is 10.1. The molecule has 5 heteroatoms. The predicted octanol–water partition coefficient (Wildman–Crippen LogP) is 4.67. The highest BCUT2D eigenvalue weighted by molar-refractivity contribution is 5.98. The summed E-state index contributed by atoms with van der Waals surface area (Å²) in [5.41, 5.74) is 2.05. The minimum absolute atomic E-state index is 0.146. The average molecular weight is 439 g/mol. The number of cyclic esters (lactones) is 1. The van der Waals surface area contributed by atoms with Gasteiger partial charge in [0.1, 0.15) is 11.7 Å². The lowest BCUT2D eigenvalue weighted by molar-refractivity contribution is -0.322. The number of ether oxygens (including phenoxy) is 3. The molecule has 0 radical (unpaired) electrons. The Morgan fingerprint density at radius 1 is 1.00 bits per heavy atom. The molecule has 3 aliphatic carbocycles. The van der Waals surface area contributed by atoms with Gasteiger partial charge in [0.15, 0.2) is 11.6 Å². The molecule has 6 rings (SSSR count). The number of allylic oxidation sites excluding steroid dienone is 4. The van der Waals surface area contributed by atoms with Gasteiger partial charge in [-0.1, -0.05) is 23.3 Å². The summed E-state index contributed by atoms with van der Waals surface area (Å²) in [6.07, 6.45) is 11.2. The topological polar surface area (TPSA) is 61.8 Å². The van der Waals surface area contributed by atoms with Crippen molar-refractivity contribution in [3.8, 4) is 0 Å². The lowest BCUT2D eigenvalue weighted by Gasteiger charge is -2.57. The number of rotatable bonds is 1. The molecule has 5 nitrogen and oxygen atoms in total. The van der Waals surface area contributed by atoms with Crippen LogP contribution >= 0.6 is 0 Å². The van der Waals surface area contributed by atoms with Gasteiger partial charge < -0.3 is 14.2 Å². The molecular formula is C27H34O5. The monoisotopic (exact) mass is 438 g/mol. The van der Waals surface area contributed by atoms with Crippen LogP contribution in [0.2, 0.25) is 0 Å². The van der Waals surface area contributed by atoms with Gasteiger partial charge in [-0.25, -0.2) is 4.79 Å². The molecule has 8 atom stereocenters. The molecule has 6 aliphatic rings. The Morgan fingerprint density at radius 3 is 2.56 bits per heavy atom. The van der Waals surface area contributed by atoms with Gasteiger partial charge in [0.05, 0.1) is 12.0 Å². The van der Waals surface area contributed by atoms with Crippen LogP contribution < -0.4 is 0 Å². The average Bonchev–Trinajstić information content (AvgIpc) is 2.92. The SMILES string of the molecule is CC1=C(C)C(=O)O[C@@H]([C@]2(C)O[C@]34OCC[C@H]2[C@H]3CC[C@H]2[C@H]4CC=C3CC=CC(=O)[C@@]32C)C1. The second-order valence-corrected chi connectivity index (χ2v) is 11.3. The van der Waals surface area contributed by atoms with Gasteiger partial charge in [0.25, 0.3) is 0 Å². The van der Waals surface area contributed by atoms with E-state index < -0.39 is 16.8 Å². The van der Waals surface area contributed by atoms with Crippen molar-refractivity contribution in [3.63, 3.8) is 0 Å². The van der Waals surface area contributed by atoms with E-state index in [0.29, 0.717) is 18.9 Å². The van der Waals surface area contributed by atoms with E-state index in [1.807, 2.05) is 19.9 Å². The zero-order valence-electron chi connectivity index (χ0n) is 19.6. The molecule has 0 amide bonds. The number of hydrogen-bond donors (Lipinski definition) is 0. The van der Waals surface area contributed by atoms with Crippen molar-refractivity contribution in [2.75, 3.05) is 6.61 Å². The molecule has 3 aliphatic heterocycles. The Bertz CT molecular complexity index is 990. The number of hydrogen-bond acceptors (Lipinski definition) is 5. The van der Waals surface area contributed by atoms with Crippen molar-refractivity contribution in [2.45, 2.75) is 83.7 Å². The van der Waals surface area contributed by atoms with Crippen LogP contribution in [-0.4, -0.2) is 35.9 Å². The molecule has 0 N–H and O–H groups in total. The van der Waals surface area contributed by atoms with Crippen LogP contribution in [0.3, 0.4) is 0 Å². The molecule has 0 aromatic heterocycles. The summed E-state index contributed by atoms with van der Waals surface area (Å²) in [5, 5.41) is 0. The third kappa shape index (κ3) is 2.42. The Balaban J connectivity index is 1.40. The second kappa shape index (κ2) is 6.66. The molecule has 0 unspecified atom stereocenters. The van der Waals surface area contributed by atoms with E-state index in [9.17, 15) is 9.59 Å². The van der Waals surface area contributed by atoms with Crippen LogP contribution in [0.1, 0.15) is 66.2 Å². The summed E-state index contributed by atoms with van der Waals surface area (Å²) in [7, 11) is 0. The standard InChI is InChI=1S/C27H34O5/c1-15-14-23(31-24(29)16(15)2)26(4)19-12-13-30-27(32-26)20-9-8-17-6-5-7-22(28)25(17,3)18(20)10-11-21(19)27/h5,7-8,18-21,23H,6,9-14H2,1-4H3/t18-,19-,20+,21+,23+,25-,26+,27-/m0/s1. The van der Waals surface area contributed by atoms with Crippen LogP contribution in [-0.2, 0) is 23.8 Å². The highest BCUT2D eigenvalue weighted by Gasteiger charge is 2.72. The van der Waals surface area contributed by atoms with E-state index in [1.54, 1.807) is 6.08 Å². The zero-order chi connectivity index (χ0) is 22.5. The molecule has 1 saturated carbocycles. The number of ketones is 1. The Labute approximate surface area is 190 Å². The summed E-state index contributed by atoms with van der Waals surface area (Å²) < 4.78 is 19.7. The minimum Gasteiger partial charge on any atom is -0.456 e. The van der Waals surface area contributed by atoms with Crippen LogP contribution in [0.25, 0.3) is 0 Å². The maximum atomic E-state index is 13.2. The molecular weight excluding hydrogens is 404 g/mol. The van der Waals surface area contributed by atoms with Crippen LogP contribution in [0.15, 0.2) is 34.9 Å². The fraction of sp³-hybridized carbons (Fsp3) is 0.704. The lowest BCUT2D eigenvalue weighted by atomic mass is 9.50. The quantitative estimate of drug-likeness (QED) is 0.440. The largest absolute Gasteiger partial charge is 0.456 e. The third-order valence-corrected chi connectivity index (χ3v) is 10.1.